The first kappa shape index (κ1) is 23.6. The zero-order valence-electron chi connectivity index (χ0n) is 18.0. The Morgan fingerprint density at radius 1 is 1.25 bits per heavy atom. The van der Waals surface area contributed by atoms with Crippen molar-refractivity contribution in [3.63, 3.8) is 0 Å². The third-order valence-electron chi connectivity index (χ3n) is 4.66. The van der Waals surface area contributed by atoms with Gasteiger partial charge in [-0.15, -0.1) is 10.2 Å². The molecule has 0 aliphatic carbocycles. The van der Waals surface area contributed by atoms with Gasteiger partial charge >= 0.3 is 0 Å². The van der Waals surface area contributed by atoms with E-state index in [1.165, 1.54) is 11.8 Å². The summed E-state index contributed by atoms with van der Waals surface area (Å²) in [5.74, 6) is 0.584. The van der Waals surface area contributed by atoms with E-state index in [1.54, 1.807) is 30.3 Å². The Bertz CT molecular complexity index is 1130. The predicted molar refractivity (Wildman–Crippen MR) is 125 cm³/mol. The van der Waals surface area contributed by atoms with Crippen LogP contribution in [-0.4, -0.2) is 32.3 Å². The standard InChI is InChI=1S/C22H24ClN5O3S/c1-4-28-21(14(3)31-18-10-9-15(23)11-13(18)2)26-27-22(28)32-12-19(29)25-17-8-6-5-7-16(17)20(24)30/h5-11,14H,4,12H2,1-3H3,(H2,24,30)(H,25,29). The van der Waals surface area contributed by atoms with Crippen LogP contribution in [0.5, 0.6) is 5.75 Å². The molecule has 1 atom stereocenters. The van der Waals surface area contributed by atoms with Gasteiger partial charge in [-0.1, -0.05) is 35.5 Å². The molecule has 3 rings (SSSR count). The van der Waals surface area contributed by atoms with Gasteiger partial charge in [0, 0.05) is 11.6 Å². The van der Waals surface area contributed by atoms with Crippen molar-refractivity contribution in [3.8, 4) is 5.75 Å². The molecule has 2 aromatic carbocycles. The van der Waals surface area contributed by atoms with Gasteiger partial charge in [0.15, 0.2) is 17.1 Å². The van der Waals surface area contributed by atoms with E-state index in [1.807, 2.05) is 37.5 Å². The molecular formula is C22H24ClN5O3S. The maximum atomic E-state index is 12.4. The molecule has 0 aliphatic rings. The zero-order chi connectivity index (χ0) is 23.3. The number of hydrogen-bond donors (Lipinski definition) is 2. The lowest BCUT2D eigenvalue weighted by Crippen LogP contribution is -2.19. The number of para-hydroxylation sites is 1. The van der Waals surface area contributed by atoms with Crippen molar-refractivity contribution in [3.05, 3.63) is 64.4 Å². The number of nitrogens with two attached hydrogens (primary N) is 1. The number of aryl methyl sites for hydroxylation is 1. The summed E-state index contributed by atoms with van der Waals surface area (Å²) >= 11 is 7.27. The second-order valence-electron chi connectivity index (χ2n) is 7.00. The van der Waals surface area contributed by atoms with Crippen LogP contribution in [0.2, 0.25) is 5.02 Å². The maximum absolute atomic E-state index is 12.4. The average molecular weight is 474 g/mol. The maximum Gasteiger partial charge on any atom is 0.250 e. The highest BCUT2D eigenvalue weighted by atomic mass is 35.5. The van der Waals surface area contributed by atoms with E-state index in [-0.39, 0.29) is 23.3 Å². The van der Waals surface area contributed by atoms with E-state index < -0.39 is 5.91 Å². The molecule has 1 unspecified atom stereocenters. The minimum absolute atomic E-state index is 0.0940. The number of hydrogen-bond acceptors (Lipinski definition) is 6. The number of carbonyl (C=O) groups excluding carboxylic acids is 2. The molecule has 0 bridgehead atoms. The van der Waals surface area contributed by atoms with Crippen LogP contribution in [0.15, 0.2) is 47.6 Å². The number of carbonyl (C=O) groups is 2. The van der Waals surface area contributed by atoms with Gasteiger partial charge in [-0.25, -0.2) is 0 Å². The molecule has 1 aromatic heterocycles. The van der Waals surface area contributed by atoms with Crippen LogP contribution in [0.3, 0.4) is 0 Å². The van der Waals surface area contributed by atoms with Crippen molar-refractivity contribution in [2.75, 3.05) is 11.1 Å². The molecule has 0 aliphatic heterocycles. The number of primary amides is 1. The summed E-state index contributed by atoms with van der Waals surface area (Å²) in [6.45, 7) is 6.41. The second kappa shape index (κ2) is 10.5. The van der Waals surface area contributed by atoms with E-state index in [9.17, 15) is 9.59 Å². The number of anilines is 1. The third-order valence-corrected chi connectivity index (χ3v) is 5.87. The van der Waals surface area contributed by atoms with Crippen molar-refractivity contribution in [2.45, 2.75) is 38.6 Å². The monoisotopic (exact) mass is 473 g/mol. The van der Waals surface area contributed by atoms with Crippen molar-refractivity contribution in [2.24, 2.45) is 5.73 Å². The lowest BCUT2D eigenvalue weighted by molar-refractivity contribution is -0.113. The first-order chi connectivity index (χ1) is 15.3. The van der Waals surface area contributed by atoms with Crippen molar-refractivity contribution in [1.82, 2.24) is 14.8 Å². The fourth-order valence-electron chi connectivity index (χ4n) is 3.12. The van der Waals surface area contributed by atoms with E-state index in [0.717, 1.165) is 5.56 Å². The molecule has 1 heterocycles. The molecule has 168 valence electrons. The number of nitrogens with one attached hydrogen (secondary N) is 1. The first-order valence-electron chi connectivity index (χ1n) is 9.97. The van der Waals surface area contributed by atoms with Crippen molar-refractivity contribution < 1.29 is 14.3 Å². The normalized spacial score (nSPS) is 11.8. The molecule has 3 N–H and O–H groups in total. The summed E-state index contributed by atoms with van der Waals surface area (Å²) in [5, 5.41) is 12.5. The largest absolute Gasteiger partial charge is 0.482 e. The Morgan fingerprint density at radius 2 is 2.00 bits per heavy atom. The molecular weight excluding hydrogens is 450 g/mol. The number of ether oxygens (including phenoxy) is 1. The predicted octanol–water partition coefficient (Wildman–Crippen LogP) is 4.23. The third kappa shape index (κ3) is 5.60. The van der Waals surface area contributed by atoms with Gasteiger partial charge < -0.3 is 20.4 Å². The van der Waals surface area contributed by atoms with E-state index >= 15 is 0 Å². The van der Waals surface area contributed by atoms with Gasteiger partial charge in [0.25, 0.3) is 5.91 Å². The highest BCUT2D eigenvalue weighted by molar-refractivity contribution is 7.99. The van der Waals surface area contributed by atoms with Crippen molar-refractivity contribution >= 4 is 40.9 Å². The topological polar surface area (TPSA) is 112 Å². The number of aromatic nitrogens is 3. The quantitative estimate of drug-likeness (QED) is 0.450. The van der Waals surface area contributed by atoms with E-state index in [0.29, 0.717) is 34.0 Å². The smallest absolute Gasteiger partial charge is 0.250 e. The molecule has 0 radical (unpaired) electrons. The minimum atomic E-state index is -0.603. The lowest BCUT2D eigenvalue weighted by Gasteiger charge is -2.17. The van der Waals surface area contributed by atoms with Crippen LogP contribution in [0.1, 0.15) is 41.7 Å². The number of nitrogens with zero attached hydrogens (tertiary/aromatic N) is 3. The van der Waals surface area contributed by atoms with Crippen LogP contribution in [0.4, 0.5) is 5.69 Å². The molecule has 0 saturated heterocycles. The van der Waals surface area contributed by atoms with Crippen LogP contribution in [0, 0.1) is 6.92 Å². The Kier molecular flexibility index (Phi) is 7.76. The van der Waals surface area contributed by atoms with Crippen LogP contribution >= 0.6 is 23.4 Å². The number of halogens is 1. The minimum Gasteiger partial charge on any atom is -0.482 e. The Morgan fingerprint density at radius 3 is 2.69 bits per heavy atom. The number of benzene rings is 2. The van der Waals surface area contributed by atoms with Gasteiger partial charge in [-0.2, -0.15) is 0 Å². The Labute approximate surface area is 195 Å². The van der Waals surface area contributed by atoms with Crippen LogP contribution in [0.25, 0.3) is 0 Å². The molecule has 32 heavy (non-hydrogen) atoms. The highest BCUT2D eigenvalue weighted by Crippen LogP contribution is 2.28. The van der Waals surface area contributed by atoms with Crippen molar-refractivity contribution in [1.29, 1.82) is 0 Å². The highest BCUT2D eigenvalue weighted by Gasteiger charge is 2.20. The van der Waals surface area contributed by atoms with Gasteiger partial charge in [0.05, 0.1) is 17.0 Å². The number of thioether (sulfide) groups is 1. The second-order valence-corrected chi connectivity index (χ2v) is 8.38. The van der Waals surface area contributed by atoms with Crippen LogP contribution in [-0.2, 0) is 11.3 Å². The fourth-order valence-corrected chi connectivity index (χ4v) is 4.15. The first-order valence-corrected chi connectivity index (χ1v) is 11.3. The summed E-state index contributed by atoms with van der Waals surface area (Å²) in [7, 11) is 0. The van der Waals surface area contributed by atoms with Gasteiger partial charge in [-0.3, -0.25) is 9.59 Å². The summed E-state index contributed by atoms with van der Waals surface area (Å²) in [4.78, 5) is 24.0. The SMILES string of the molecule is CCn1c(SCC(=O)Nc2ccccc2C(N)=O)nnc1C(C)Oc1ccc(Cl)cc1C. The molecule has 3 aromatic rings. The number of amides is 2. The molecule has 10 heteroatoms. The average Bonchev–Trinajstić information content (AvgIpc) is 3.17. The summed E-state index contributed by atoms with van der Waals surface area (Å²) in [5.41, 5.74) is 6.92. The fraction of sp³-hybridized carbons (Fsp3) is 0.273. The Hall–Kier alpha value is -3.04. The lowest BCUT2D eigenvalue weighted by atomic mass is 10.1. The van der Waals surface area contributed by atoms with Gasteiger partial charge in [-0.05, 0) is 56.7 Å². The summed E-state index contributed by atoms with van der Waals surface area (Å²) in [6.07, 6.45) is -0.354. The van der Waals surface area contributed by atoms with E-state index in [4.69, 9.17) is 22.1 Å². The summed E-state index contributed by atoms with van der Waals surface area (Å²) < 4.78 is 7.98. The molecule has 8 nitrogen and oxygen atoms in total. The molecule has 0 saturated carbocycles. The van der Waals surface area contributed by atoms with E-state index in [2.05, 4.69) is 15.5 Å². The van der Waals surface area contributed by atoms with Gasteiger partial charge in [0.2, 0.25) is 5.91 Å². The molecule has 2 amide bonds. The number of rotatable bonds is 9. The molecule has 0 spiro atoms. The zero-order valence-corrected chi connectivity index (χ0v) is 19.5. The van der Waals surface area contributed by atoms with Gasteiger partial charge in [0.1, 0.15) is 5.75 Å². The molecule has 0 fully saturated rings. The Balaban J connectivity index is 1.67. The van der Waals surface area contributed by atoms with Crippen LogP contribution < -0.4 is 15.8 Å². The summed E-state index contributed by atoms with van der Waals surface area (Å²) in [6, 6.07) is 12.0.